The number of amides is 1. The van der Waals surface area contributed by atoms with Crippen LogP contribution in [0.4, 0.5) is 21.8 Å². The summed E-state index contributed by atoms with van der Waals surface area (Å²) in [6.45, 7) is 8.56. The predicted molar refractivity (Wildman–Crippen MR) is 121 cm³/mol. The second kappa shape index (κ2) is 8.35. The van der Waals surface area contributed by atoms with Crippen LogP contribution in [0.1, 0.15) is 50.9 Å². The highest BCUT2D eigenvalue weighted by atomic mass is 19.1. The zero-order valence-electron chi connectivity index (χ0n) is 18.9. The summed E-state index contributed by atoms with van der Waals surface area (Å²) in [5.41, 5.74) is 6.25. The third-order valence-electron chi connectivity index (χ3n) is 5.38. The second-order valence-corrected chi connectivity index (χ2v) is 9.51. The maximum atomic E-state index is 14.2. The van der Waals surface area contributed by atoms with E-state index in [0.29, 0.717) is 11.5 Å². The number of nitrogens with two attached hydrogens (primary N) is 1. The number of primary amides is 1. The fraction of sp³-hybridized carbons (Fsp3) is 0.429. The van der Waals surface area contributed by atoms with Crippen LogP contribution < -0.4 is 21.7 Å². The largest absolute Gasteiger partial charge is 0.366 e. The van der Waals surface area contributed by atoms with Crippen molar-refractivity contribution < 1.29 is 9.18 Å². The third kappa shape index (κ3) is 5.22. The standard InChI is InChI=1S/C21H27FN10O/c1-20(2)8-13(9-21(3,4)29-20)26-18-14(17(23)33)10-24-19(28-18)27-12-5-6-15(22)16(7-12)32-11-25-30-31-32/h5-7,10-11,13,29H,8-9H2,1-4H3,(H2,23,33)(H2,24,26,27,28). The fourth-order valence-electron chi connectivity index (χ4n) is 4.52. The molecule has 1 aliphatic rings. The molecule has 0 radical (unpaired) electrons. The van der Waals surface area contributed by atoms with Gasteiger partial charge in [0.25, 0.3) is 5.91 Å². The molecule has 0 spiro atoms. The first kappa shape index (κ1) is 22.5. The molecule has 4 rings (SSSR count). The Bertz CT molecular complexity index is 1150. The highest BCUT2D eigenvalue weighted by Gasteiger charge is 2.38. The number of nitrogens with zero attached hydrogens (tertiary/aromatic N) is 6. The number of hydrogen-bond donors (Lipinski definition) is 4. The number of carbonyl (C=O) groups excluding carboxylic acids is 1. The van der Waals surface area contributed by atoms with E-state index in [9.17, 15) is 9.18 Å². The van der Waals surface area contributed by atoms with E-state index < -0.39 is 11.7 Å². The molecule has 0 saturated carbocycles. The zero-order chi connectivity index (χ0) is 23.8. The molecule has 11 nitrogen and oxygen atoms in total. The van der Waals surface area contributed by atoms with Crippen molar-refractivity contribution in [3.63, 3.8) is 0 Å². The lowest BCUT2D eigenvalue weighted by atomic mass is 9.79. The van der Waals surface area contributed by atoms with E-state index in [-0.39, 0.29) is 34.3 Å². The first-order valence-corrected chi connectivity index (χ1v) is 10.5. The molecule has 1 fully saturated rings. The topological polar surface area (TPSA) is 149 Å². The van der Waals surface area contributed by atoms with Gasteiger partial charge in [0.05, 0.1) is 5.56 Å². The Morgan fingerprint density at radius 3 is 2.61 bits per heavy atom. The van der Waals surface area contributed by atoms with Crippen molar-refractivity contribution in [1.82, 2.24) is 35.5 Å². The first-order chi connectivity index (χ1) is 15.5. The Balaban J connectivity index is 1.61. The fourth-order valence-corrected chi connectivity index (χ4v) is 4.52. The average molecular weight is 455 g/mol. The zero-order valence-corrected chi connectivity index (χ0v) is 18.9. The van der Waals surface area contributed by atoms with Gasteiger partial charge >= 0.3 is 0 Å². The van der Waals surface area contributed by atoms with E-state index in [1.165, 1.54) is 29.3 Å². The summed E-state index contributed by atoms with van der Waals surface area (Å²) in [5.74, 6) is -0.541. The number of piperidine rings is 1. The lowest BCUT2D eigenvalue weighted by Crippen LogP contribution is -2.60. The van der Waals surface area contributed by atoms with Crippen LogP contribution >= 0.6 is 0 Å². The number of carbonyl (C=O) groups is 1. The van der Waals surface area contributed by atoms with E-state index in [1.54, 1.807) is 6.07 Å². The molecule has 1 saturated heterocycles. The number of rotatable bonds is 6. The minimum atomic E-state index is -0.626. The van der Waals surface area contributed by atoms with Gasteiger partial charge in [0.2, 0.25) is 5.95 Å². The van der Waals surface area contributed by atoms with Gasteiger partial charge in [0.15, 0.2) is 0 Å². The summed E-state index contributed by atoms with van der Waals surface area (Å²) in [4.78, 5) is 20.7. The summed E-state index contributed by atoms with van der Waals surface area (Å²) in [5, 5.41) is 20.8. The molecule has 1 amide bonds. The maximum absolute atomic E-state index is 14.2. The predicted octanol–water partition coefficient (Wildman–Crippen LogP) is 2.15. The summed E-state index contributed by atoms with van der Waals surface area (Å²) in [7, 11) is 0. The van der Waals surface area contributed by atoms with Crippen LogP contribution in [0.2, 0.25) is 0 Å². The van der Waals surface area contributed by atoms with Crippen LogP contribution in [0.5, 0.6) is 0 Å². The Kier molecular flexibility index (Phi) is 5.70. The quantitative estimate of drug-likeness (QED) is 0.439. The van der Waals surface area contributed by atoms with Crippen LogP contribution in [0.25, 0.3) is 5.69 Å². The van der Waals surface area contributed by atoms with E-state index in [2.05, 4.69) is 69.1 Å². The second-order valence-electron chi connectivity index (χ2n) is 9.51. The number of hydrogen-bond acceptors (Lipinski definition) is 9. The van der Waals surface area contributed by atoms with Crippen molar-refractivity contribution in [1.29, 1.82) is 0 Å². The minimum Gasteiger partial charge on any atom is -0.366 e. The lowest BCUT2D eigenvalue weighted by molar-refractivity contribution is 0.100. The van der Waals surface area contributed by atoms with Crippen molar-refractivity contribution in [2.75, 3.05) is 10.6 Å². The van der Waals surface area contributed by atoms with Gasteiger partial charge in [-0.05, 0) is 69.2 Å². The average Bonchev–Trinajstić information content (AvgIpc) is 3.21. The molecule has 0 aliphatic carbocycles. The van der Waals surface area contributed by atoms with E-state index >= 15 is 0 Å². The number of benzene rings is 1. The summed E-state index contributed by atoms with van der Waals surface area (Å²) in [6.07, 6.45) is 4.33. The van der Waals surface area contributed by atoms with E-state index in [1.807, 2.05) is 0 Å². The highest BCUT2D eigenvalue weighted by molar-refractivity contribution is 5.97. The summed E-state index contributed by atoms with van der Waals surface area (Å²) < 4.78 is 15.4. The molecular weight excluding hydrogens is 427 g/mol. The maximum Gasteiger partial charge on any atom is 0.254 e. The highest BCUT2D eigenvalue weighted by Crippen LogP contribution is 2.31. The van der Waals surface area contributed by atoms with E-state index in [4.69, 9.17) is 5.73 Å². The molecule has 174 valence electrons. The van der Waals surface area contributed by atoms with Gasteiger partial charge in [0.1, 0.15) is 23.6 Å². The number of nitrogens with one attached hydrogen (secondary N) is 3. The van der Waals surface area contributed by atoms with Gasteiger partial charge in [0, 0.05) is 29.0 Å². The molecule has 2 aromatic heterocycles. The SMILES string of the molecule is CC1(C)CC(Nc2nc(Nc3ccc(F)c(-n4cnnn4)c3)ncc2C(N)=O)CC(C)(C)N1. The van der Waals surface area contributed by atoms with Gasteiger partial charge in [-0.1, -0.05) is 0 Å². The Labute approximate surface area is 190 Å². The Morgan fingerprint density at radius 2 is 1.97 bits per heavy atom. The molecule has 0 bridgehead atoms. The van der Waals surface area contributed by atoms with Gasteiger partial charge < -0.3 is 21.7 Å². The molecule has 33 heavy (non-hydrogen) atoms. The monoisotopic (exact) mass is 454 g/mol. The molecule has 1 aliphatic heterocycles. The van der Waals surface area contributed by atoms with Crippen molar-refractivity contribution in [2.45, 2.75) is 57.7 Å². The van der Waals surface area contributed by atoms with Crippen LogP contribution in [0.15, 0.2) is 30.7 Å². The number of anilines is 3. The molecule has 0 atom stereocenters. The van der Waals surface area contributed by atoms with Gasteiger partial charge in [-0.15, -0.1) is 5.10 Å². The van der Waals surface area contributed by atoms with Gasteiger partial charge in [-0.3, -0.25) is 4.79 Å². The molecule has 1 aromatic carbocycles. The van der Waals surface area contributed by atoms with Crippen molar-refractivity contribution in [2.24, 2.45) is 5.73 Å². The first-order valence-electron chi connectivity index (χ1n) is 10.5. The molecule has 3 aromatic rings. The lowest BCUT2D eigenvalue weighted by Gasteiger charge is -2.46. The van der Waals surface area contributed by atoms with Crippen molar-refractivity contribution in [3.05, 3.63) is 42.1 Å². The molecule has 5 N–H and O–H groups in total. The number of halogens is 1. The van der Waals surface area contributed by atoms with E-state index in [0.717, 1.165) is 12.8 Å². The number of aromatic nitrogens is 6. The normalized spacial score (nSPS) is 17.5. The summed E-state index contributed by atoms with van der Waals surface area (Å²) in [6, 6.07) is 4.42. The van der Waals surface area contributed by atoms with Crippen LogP contribution in [0, 0.1) is 5.82 Å². The number of tetrazole rings is 1. The van der Waals surface area contributed by atoms with Crippen molar-refractivity contribution >= 4 is 23.4 Å². The summed E-state index contributed by atoms with van der Waals surface area (Å²) >= 11 is 0. The molecule has 12 heteroatoms. The van der Waals surface area contributed by atoms with Gasteiger partial charge in [-0.2, -0.15) is 9.67 Å². The Morgan fingerprint density at radius 1 is 1.24 bits per heavy atom. The Hall–Kier alpha value is -3.67. The molecular formula is C21H27FN10O. The van der Waals surface area contributed by atoms with Gasteiger partial charge in [-0.25, -0.2) is 9.37 Å². The third-order valence-corrected chi connectivity index (χ3v) is 5.38. The van der Waals surface area contributed by atoms with Crippen molar-refractivity contribution in [3.8, 4) is 5.69 Å². The smallest absolute Gasteiger partial charge is 0.254 e. The minimum absolute atomic E-state index is 0.0642. The molecule has 0 unspecified atom stereocenters. The van der Waals surface area contributed by atoms with Crippen LogP contribution in [-0.4, -0.2) is 53.2 Å². The van der Waals surface area contributed by atoms with Crippen LogP contribution in [0.3, 0.4) is 0 Å². The molecule has 3 heterocycles. The van der Waals surface area contributed by atoms with Crippen LogP contribution in [-0.2, 0) is 0 Å².